The molecule has 0 aromatic carbocycles. The van der Waals surface area contributed by atoms with Crippen molar-refractivity contribution in [3.63, 3.8) is 0 Å². The lowest BCUT2D eigenvalue weighted by molar-refractivity contribution is 0.550. The van der Waals surface area contributed by atoms with Crippen LogP contribution in [-0.2, 0) is 0 Å². The van der Waals surface area contributed by atoms with Crippen molar-refractivity contribution in [1.29, 1.82) is 0 Å². The van der Waals surface area contributed by atoms with Crippen LogP contribution in [0.5, 0.6) is 0 Å². The largest absolute Gasteiger partial charge is 0.0991 e. The average Bonchev–Trinajstić information content (AvgIpc) is 2.82. The SMILES string of the molecule is C=C/C=C(\C=C)C1(CCC)CC1. The van der Waals surface area contributed by atoms with Crippen molar-refractivity contribution >= 4 is 0 Å². The van der Waals surface area contributed by atoms with Crippen molar-refractivity contribution in [2.75, 3.05) is 0 Å². The lowest BCUT2D eigenvalue weighted by atomic mass is 9.90. The predicted octanol–water partition coefficient (Wildman–Crippen LogP) is 3.87. The Balaban J connectivity index is 2.71. The van der Waals surface area contributed by atoms with E-state index in [2.05, 4.69) is 26.2 Å². The summed E-state index contributed by atoms with van der Waals surface area (Å²) in [5, 5.41) is 0. The van der Waals surface area contributed by atoms with Crippen molar-refractivity contribution in [1.82, 2.24) is 0 Å². The molecular weight excluding hydrogens is 144 g/mol. The minimum Gasteiger partial charge on any atom is -0.0991 e. The van der Waals surface area contributed by atoms with Crippen LogP contribution in [0.25, 0.3) is 0 Å². The zero-order valence-corrected chi connectivity index (χ0v) is 7.97. The average molecular weight is 162 g/mol. The second-order valence-electron chi connectivity index (χ2n) is 3.59. The van der Waals surface area contributed by atoms with Crippen LogP contribution in [-0.4, -0.2) is 0 Å². The van der Waals surface area contributed by atoms with E-state index in [4.69, 9.17) is 0 Å². The van der Waals surface area contributed by atoms with Gasteiger partial charge in [-0.1, -0.05) is 44.7 Å². The predicted molar refractivity (Wildman–Crippen MR) is 55.1 cm³/mol. The van der Waals surface area contributed by atoms with Gasteiger partial charge in [-0.2, -0.15) is 0 Å². The molecule has 0 amide bonds. The number of allylic oxidation sites excluding steroid dienone is 4. The Labute approximate surface area is 75.7 Å². The third kappa shape index (κ3) is 1.69. The van der Waals surface area contributed by atoms with E-state index in [9.17, 15) is 0 Å². The first-order valence-corrected chi connectivity index (χ1v) is 4.74. The van der Waals surface area contributed by atoms with Gasteiger partial charge in [0.2, 0.25) is 0 Å². The molecule has 0 spiro atoms. The zero-order valence-electron chi connectivity index (χ0n) is 7.97. The Morgan fingerprint density at radius 3 is 2.42 bits per heavy atom. The van der Waals surface area contributed by atoms with E-state index in [0.717, 1.165) is 0 Å². The van der Waals surface area contributed by atoms with E-state index in [1.54, 1.807) is 0 Å². The van der Waals surface area contributed by atoms with Gasteiger partial charge in [0.1, 0.15) is 0 Å². The Morgan fingerprint density at radius 1 is 1.42 bits per heavy atom. The first-order chi connectivity index (χ1) is 5.79. The summed E-state index contributed by atoms with van der Waals surface area (Å²) < 4.78 is 0. The van der Waals surface area contributed by atoms with Gasteiger partial charge in [0.25, 0.3) is 0 Å². The van der Waals surface area contributed by atoms with Crippen LogP contribution in [0.2, 0.25) is 0 Å². The molecule has 0 unspecified atom stereocenters. The van der Waals surface area contributed by atoms with E-state index in [-0.39, 0.29) is 0 Å². The van der Waals surface area contributed by atoms with Crippen molar-refractivity contribution in [3.8, 4) is 0 Å². The standard InChI is InChI=1S/C12H18/c1-4-7-11(6-3)12(8-5-2)9-10-12/h4,6-7H,1,3,5,8-10H2,2H3/b11-7+. The maximum Gasteiger partial charge on any atom is -0.00466 e. The van der Waals surface area contributed by atoms with Crippen LogP contribution in [0.1, 0.15) is 32.6 Å². The molecule has 1 rings (SSSR count). The van der Waals surface area contributed by atoms with Crippen molar-refractivity contribution in [2.24, 2.45) is 5.41 Å². The molecule has 0 bridgehead atoms. The maximum atomic E-state index is 3.85. The Kier molecular flexibility index (Phi) is 2.91. The van der Waals surface area contributed by atoms with Crippen molar-refractivity contribution in [3.05, 3.63) is 37.0 Å². The number of hydrogen-bond acceptors (Lipinski definition) is 0. The van der Waals surface area contributed by atoms with E-state index >= 15 is 0 Å². The summed E-state index contributed by atoms with van der Waals surface area (Å²) in [4.78, 5) is 0. The molecule has 1 saturated carbocycles. The molecule has 0 atom stereocenters. The van der Waals surface area contributed by atoms with Gasteiger partial charge in [0.05, 0.1) is 0 Å². The molecule has 0 heteroatoms. The molecule has 1 fully saturated rings. The van der Waals surface area contributed by atoms with E-state index in [1.807, 2.05) is 12.2 Å². The molecule has 0 aliphatic heterocycles. The molecule has 66 valence electrons. The molecule has 0 aromatic heterocycles. The van der Waals surface area contributed by atoms with Crippen molar-refractivity contribution < 1.29 is 0 Å². The van der Waals surface area contributed by atoms with Crippen LogP contribution < -0.4 is 0 Å². The molecule has 0 heterocycles. The zero-order chi connectivity index (χ0) is 9.03. The summed E-state index contributed by atoms with van der Waals surface area (Å²) in [5.41, 5.74) is 1.88. The van der Waals surface area contributed by atoms with Gasteiger partial charge in [-0.3, -0.25) is 0 Å². The van der Waals surface area contributed by atoms with Crippen LogP contribution in [0.15, 0.2) is 37.0 Å². The lowest BCUT2D eigenvalue weighted by Gasteiger charge is -2.14. The first-order valence-electron chi connectivity index (χ1n) is 4.74. The van der Waals surface area contributed by atoms with Crippen molar-refractivity contribution in [2.45, 2.75) is 32.6 Å². The van der Waals surface area contributed by atoms with Crippen LogP contribution in [0.3, 0.4) is 0 Å². The van der Waals surface area contributed by atoms with Crippen LogP contribution >= 0.6 is 0 Å². The highest BCUT2D eigenvalue weighted by molar-refractivity contribution is 5.33. The van der Waals surface area contributed by atoms with Gasteiger partial charge in [-0.15, -0.1) is 0 Å². The van der Waals surface area contributed by atoms with E-state index in [1.165, 1.54) is 31.3 Å². The maximum absolute atomic E-state index is 3.85. The molecule has 1 aliphatic rings. The summed E-state index contributed by atoms with van der Waals surface area (Å²) in [5.74, 6) is 0. The Morgan fingerprint density at radius 2 is 2.08 bits per heavy atom. The normalized spacial score (nSPS) is 20.2. The molecule has 12 heavy (non-hydrogen) atoms. The third-order valence-electron chi connectivity index (χ3n) is 2.71. The highest BCUT2D eigenvalue weighted by Gasteiger charge is 2.43. The molecule has 0 N–H and O–H groups in total. The van der Waals surface area contributed by atoms with E-state index < -0.39 is 0 Å². The number of hydrogen-bond donors (Lipinski definition) is 0. The second-order valence-corrected chi connectivity index (χ2v) is 3.59. The van der Waals surface area contributed by atoms with Crippen LogP contribution in [0.4, 0.5) is 0 Å². The molecule has 1 aliphatic carbocycles. The number of rotatable bonds is 5. The summed E-state index contributed by atoms with van der Waals surface area (Å²) in [6, 6.07) is 0. The molecule has 0 nitrogen and oxygen atoms in total. The highest BCUT2D eigenvalue weighted by Crippen LogP contribution is 2.55. The third-order valence-corrected chi connectivity index (χ3v) is 2.71. The van der Waals surface area contributed by atoms with Gasteiger partial charge >= 0.3 is 0 Å². The summed E-state index contributed by atoms with van der Waals surface area (Å²) in [6.45, 7) is 9.82. The van der Waals surface area contributed by atoms with Crippen LogP contribution in [0, 0.1) is 5.41 Å². The van der Waals surface area contributed by atoms with Gasteiger partial charge < -0.3 is 0 Å². The molecule has 0 aromatic rings. The Hall–Kier alpha value is -0.780. The van der Waals surface area contributed by atoms with Gasteiger partial charge in [-0.05, 0) is 30.3 Å². The lowest BCUT2D eigenvalue weighted by Crippen LogP contribution is -2.01. The fourth-order valence-corrected chi connectivity index (χ4v) is 1.90. The minimum atomic E-state index is 0.491. The minimum absolute atomic E-state index is 0.491. The summed E-state index contributed by atoms with van der Waals surface area (Å²) >= 11 is 0. The smallest absolute Gasteiger partial charge is 0.00466 e. The monoisotopic (exact) mass is 162 g/mol. The quantitative estimate of drug-likeness (QED) is 0.538. The fraction of sp³-hybridized carbons (Fsp3) is 0.500. The first kappa shape index (κ1) is 9.31. The van der Waals surface area contributed by atoms with Gasteiger partial charge in [-0.25, -0.2) is 0 Å². The van der Waals surface area contributed by atoms with E-state index in [0.29, 0.717) is 5.41 Å². The van der Waals surface area contributed by atoms with Gasteiger partial charge in [0.15, 0.2) is 0 Å². The highest BCUT2D eigenvalue weighted by atomic mass is 14.5. The summed E-state index contributed by atoms with van der Waals surface area (Å²) in [7, 11) is 0. The Bertz CT molecular complexity index is 204. The fourth-order valence-electron chi connectivity index (χ4n) is 1.90. The topological polar surface area (TPSA) is 0 Å². The molecule has 0 radical (unpaired) electrons. The van der Waals surface area contributed by atoms with Gasteiger partial charge in [0, 0.05) is 0 Å². The second kappa shape index (κ2) is 3.75. The summed E-state index contributed by atoms with van der Waals surface area (Å²) in [6.07, 6.45) is 11.2. The molecule has 0 saturated heterocycles. The molecular formula is C12H18.